The number of halogens is 1. The summed E-state index contributed by atoms with van der Waals surface area (Å²) in [6.07, 6.45) is 1.15. The van der Waals surface area contributed by atoms with E-state index in [9.17, 15) is 19.7 Å². The van der Waals surface area contributed by atoms with Gasteiger partial charge in [-0.25, -0.2) is 5.43 Å². The van der Waals surface area contributed by atoms with Crippen LogP contribution in [0.25, 0.3) is 0 Å². The van der Waals surface area contributed by atoms with Crippen LogP contribution in [0.15, 0.2) is 47.6 Å². The lowest BCUT2D eigenvalue weighted by molar-refractivity contribution is -0.384. The normalized spacial score (nSPS) is 10.4. The summed E-state index contributed by atoms with van der Waals surface area (Å²) in [5, 5.41) is 16.8. The Balaban J connectivity index is 1.99. The van der Waals surface area contributed by atoms with E-state index in [4.69, 9.17) is 16.3 Å². The Bertz CT molecular complexity index is 885. The lowest BCUT2D eigenvalue weighted by Crippen LogP contribution is -2.32. The monoisotopic (exact) mass is 376 g/mol. The van der Waals surface area contributed by atoms with Gasteiger partial charge in [0.15, 0.2) is 0 Å². The molecule has 0 saturated heterocycles. The first-order valence-corrected chi connectivity index (χ1v) is 7.51. The van der Waals surface area contributed by atoms with Gasteiger partial charge in [-0.05, 0) is 18.2 Å². The van der Waals surface area contributed by atoms with Crippen LogP contribution in [-0.2, 0) is 9.59 Å². The van der Waals surface area contributed by atoms with Gasteiger partial charge in [0.05, 0.1) is 23.9 Å². The average Bonchev–Trinajstić information content (AvgIpc) is 2.63. The third-order valence-electron chi connectivity index (χ3n) is 3.11. The van der Waals surface area contributed by atoms with Crippen molar-refractivity contribution < 1.29 is 19.2 Å². The lowest BCUT2D eigenvalue weighted by atomic mass is 10.2. The number of benzene rings is 2. The number of nitrogens with one attached hydrogen (secondary N) is 2. The maximum Gasteiger partial charge on any atom is 0.329 e. The molecule has 0 aliphatic carbocycles. The van der Waals surface area contributed by atoms with Crippen LogP contribution in [0.1, 0.15) is 5.56 Å². The zero-order valence-electron chi connectivity index (χ0n) is 13.4. The van der Waals surface area contributed by atoms with Crippen molar-refractivity contribution in [3.63, 3.8) is 0 Å². The van der Waals surface area contributed by atoms with E-state index < -0.39 is 16.7 Å². The minimum Gasteiger partial charge on any atom is -0.495 e. The standard InChI is InChI=1S/C16H13ClN4O5/c1-26-14-5-3-2-4-12(14)19-15(22)16(23)20-18-9-10-6-7-11(17)13(8-10)21(24)25/h2-9H,1H3,(H,19,22)(H,20,23)/b18-9-. The summed E-state index contributed by atoms with van der Waals surface area (Å²) in [7, 11) is 1.43. The highest BCUT2D eigenvalue weighted by molar-refractivity contribution is 6.39. The Hall–Kier alpha value is -3.46. The highest BCUT2D eigenvalue weighted by Gasteiger charge is 2.15. The van der Waals surface area contributed by atoms with Crippen molar-refractivity contribution >= 4 is 41.0 Å². The summed E-state index contributed by atoms with van der Waals surface area (Å²) < 4.78 is 5.06. The molecule has 0 atom stereocenters. The summed E-state index contributed by atoms with van der Waals surface area (Å²) in [6.45, 7) is 0. The van der Waals surface area contributed by atoms with Gasteiger partial charge in [-0.2, -0.15) is 5.10 Å². The second-order valence-corrected chi connectivity index (χ2v) is 5.23. The molecule has 0 unspecified atom stereocenters. The molecular weight excluding hydrogens is 364 g/mol. The fourth-order valence-corrected chi connectivity index (χ4v) is 2.08. The minimum atomic E-state index is -1.02. The first-order chi connectivity index (χ1) is 12.4. The molecule has 0 heterocycles. The van der Waals surface area contributed by atoms with Gasteiger partial charge in [0.2, 0.25) is 0 Å². The van der Waals surface area contributed by atoms with E-state index in [2.05, 4.69) is 10.4 Å². The van der Waals surface area contributed by atoms with Crippen molar-refractivity contribution in [2.24, 2.45) is 5.10 Å². The number of anilines is 1. The summed E-state index contributed by atoms with van der Waals surface area (Å²) in [5.41, 5.74) is 2.38. The summed E-state index contributed by atoms with van der Waals surface area (Å²) in [6, 6.07) is 10.6. The molecule has 10 heteroatoms. The largest absolute Gasteiger partial charge is 0.495 e. The Kier molecular flexibility index (Phi) is 6.23. The van der Waals surface area contributed by atoms with Crippen molar-refractivity contribution in [1.82, 2.24) is 5.43 Å². The molecule has 134 valence electrons. The second-order valence-electron chi connectivity index (χ2n) is 4.82. The number of hydrazone groups is 1. The molecule has 2 rings (SSSR count). The predicted molar refractivity (Wildman–Crippen MR) is 95.5 cm³/mol. The molecule has 2 aromatic rings. The molecule has 9 nitrogen and oxygen atoms in total. The van der Waals surface area contributed by atoms with Gasteiger partial charge in [-0.15, -0.1) is 0 Å². The number of para-hydroxylation sites is 2. The maximum atomic E-state index is 11.9. The predicted octanol–water partition coefficient (Wildman–Crippen LogP) is 2.35. The Morgan fingerprint density at radius 3 is 2.65 bits per heavy atom. The Morgan fingerprint density at radius 2 is 1.96 bits per heavy atom. The number of methoxy groups -OCH3 is 1. The van der Waals surface area contributed by atoms with Gasteiger partial charge in [0, 0.05) is 11.6 Å². The maximum absolute atomic E-state index is 11.9. The van der Waals surface area contributed by atoms with E-state index in [0.29, 0.717) is 17.0 Å². The third kappa shape index (κ3) is 4.77. The van der Waals surface area contributed by atoms with Gasteiger partial charge in [-0.1, -0.05) is 29.8 Å². The van der Waals surface area contributed by atoms with Crippen LogP contribution in [0, 0.1) is 10.1 Å². The molecule has 0 radical (unpaired) electrons. The van der Waals surface area contributed by atoms with Gasteiger partial charge in [0.25, 0.3) is 5.69 Å². The van der Waals surface area contributed by atoms with Crippen LogP contribution in [-0.4, -0.2) is 30.1 Å². The minimum absolute atomic E-state index is 0.0210. The van der Waals surface area contributed by atoms with E-state index in [1.54, 1.807) is 24.3 Å². The van der Waals surface area contributed by atoms with Gasteiger partial charge in [-0.3, -0.25) is 19.7 Å². The number of rotatable bonds is 5. The van der Waals surface area contributed by atoms with Crippen molar-refractivity contribution in [2.75, 3.05) is 12.4 Å². The van der Waals surface area contributed by atoms with Crippen LogP contribution >= 0.6 is 11.6 Å². The zero-order chi connectivity index (χ0) is 19.1. The Labute approximate surface area is 152 Å². The zero-order valence-corrected chi connectivity index (χ0v) is 14.2. The van der Waals surface area contributed by atoms with Crippen LogP contribution < -0.4 is 15.5 Å². The smallest absolute Gasteiger partial charge is 0.329 e. The Morgan fingerprint density at radius 1 is 1.23 bits per heavy atom. The summed E-state index contributed by atoms with van der Waals surface area (Å²) >= 11 is 5.70. The van der Waals surface area contributed by atoms with Crippen molar-refractivity contribution in [2.45, 2.75) is 0 Å². The average molecular weight is 377 g/mol. The molecule has 26 heavy (non-hydrogen) atoms. The number of ether oxygens (including phenoxy) is 1. The molecule has 0 saturated carbocycles. The highest BCUT2D eigenvalue weighted by Crippen LogP contribution is 2.24. The molecule has 0 fully saturated rings. The van der Waals surface area contributed by atoms with Crippen molar-refractivity contribution in [3.8, 4) is 5.75 Å². The van der Waals surface area contributed by atoms with Crippen LogP contribution in [0.5, 0.6) is 5.75 Å². The number of carbonyl (C=O) groups excluding carboxylic acids is 2. The number of hydrogen-bond donors (Lipinski definition) is 2. The van der Waals surface area contributed by atoms with E-state index in [1.165, 1.54) is 25.3 Å². The SMILES string of the molecule is COc1ccccc1NC(=O)C(=O)N/N=C\c1ccc(Cl)c([N+](=O)[O-])c1. The highest BCUT2D eigenvalue weighted by atomic mass is 35.5. The fourth-order valence-electron chi connectivity index (χ4n) is 1.89. The molecule has 2 amide bonds. The quantitative estimate of drug-likeness (QED) is 0.359. The molecule has 0 bridgehead atoms. The molecule has 0 aromatic heterocycles. The van der Waals surface area contributed by atoms with Crippen LogP contribution in [0.2, 0.25) is 5.02 Å². The van der Waals surface area contributed by atoms with Crippen LogP contribution in [0.4, 0.5) is 11.4 Å². The van der Waals surface area contributed by atoms with Crippen molar-refractivity contribution in [1.29, 1.82) is 0 Å². The number of nitro groups is 1. The van der Waals surface area contributed by atoms with Crippen molar-refractivity contribution in [3.05, 3.63) is 63.2 Å². The molecule has 0 aliphatic rings. The number of amides is 2. The van der Waals surface area contributed by atoms with E-state index in [-0.39, 0.29) is 10.7 Å². The van der Waals surface area contributed by atoms with Gasteiger partial charge in [0.1, 0.15) is 10.8 Å². The molecule has 0 spiro atoms. The molecule has 2 aromatic carbocycles. The first-order valence-electron chi connectivity index (χ1n) is 7.13. The third-order valence-corrected chi connectivity index (χ3v) is 3.43. The van der Waals surface area contributed by atoms with E-state index >= 15 is 0 Å². The second kappa shape index (κ2) is 8.58. The summed E-state index contributed by atoms with van der Waals surface area (Å²) in [5.74, 6) is -1.57. The number of nitrogens with zero attached hydrogens (tertiary/aromatic N) is 2. The molecule has 0 aliphatic heterocycles. The molecular formula is C16H13ClN4O5. The van der Waals surface area contributed by atoms with Gasteiger partial charge >= 0.3 is 11.8 Å². The van der Waals surface area contributed by atoms with E-state index in [0.717, 1.165) is 6.21 Å². The summed E-state index contributed by atoms with van der Waals surface area (Å²) in [4.78, 5) is 33.8. The van der Waals surface area contributed by atoms with E-state index in [1.807, 2.05) is 5.43 Å². The molecule has 2 N–H and O–H groups in total. The van der Waals surface area contributed by atoms with Gasteiger partial charge < -0.3 is 10.1 Å². The number of hydrogen-bond acceptors (Lipinski definition) is 6. The fraction of sp³-hybridized carbons (Fsp3) is 0.0625. The lowest BCUT2D eigenvalue weighted by Gasteiger charge is -2.08. The first kappa shape index (κ1) is 18.9. The van der Waals surface area contributed by atoms with Crippen LogP contribution in [0.3, 0.4) is 0 Å². The number of carbonyl (C=O) groups is 2. The number of nitro benzene ring substituents is 1. The topological polar surface area (TPSA) is 123 Å².